The molecule has 96 valence electrons. The lowest BCUT2D eigenvalue weighted by Crippen LogP contribution is -2.43. The summed E-state index contributed by atoms with van der Waals surface area (Å²) in [6, 6.07) is 9.17. The highest BCUT2D eigenvalue weighted by atomic mass is 19.3. The molecule has 0 bridgehead atoms. The zero-order valence-corrected chi connectivity index (χ0v) is 9.98. The number of carbonyl (C=O) groups is 1. The maximum absolute atomic E-state index is 13.6. The van der Waals surface area contributed by atoms with E-state index in [0.29, 0.717) is 0 Å². The maximum atomic E-state index is 13.6. The average molecular weight is 251 g/mol. The highest BCUT2D eigenvalue weighted by Crippen LogP contribution is 2.26. The molecule has 1 aliphatic rings. The van der Waals surface area contributed by atoms with Crippen LogP contribution in [0.1, 0.15) is 18.4 Å². The summed E-state index contributed by atoms with van der Waals surface area (Å²) in [5.74, 6) is -4.32. The number of hydrogen-bond acceptors (Lipinski definition) is 1. The summed E-state index contributed by atoms with van der Waals surface area (Å²) in [6.07, 6.45) is 3.32. The van der Waals surface area contributed by atoms with Gasteiger partial charge >= 0.3 is 5.92 Å². The lowest BCUT2D eigenvalue weighted by molar-refractivity contribution is -0.158. The van der Waals surface area contributed by atoms with Crippen LogP contribution in [0.25, 0.3) is 0 Å². The Morgan fingerprint density at radius 1 is 1.17 bits per heavy atom. The van der Waals surface area contributed by atoms with Crippen LogP contribution < -0.4 is 0 Å². The molecule has 2 nitrogen and oxygen atoms in total. The van der Waals surface area contributed by atoms with Gasteiger partial charge in [0.25, 0.3) is 5.91 Å². The van der Waals surface area contributed by atoms with Gasteiger partial charge in [-0.05, 0) is 12.0 Å². The van der Waals surface area contributed by atoms with Crippen LogP contribution in [0.4, 0.5) is 8.78 Å². The second kappa shape index (κ2) is 5.29. The van der Waals surface area contributed by atoms with E-state index in [2.05, 4.69) is 0 Å². The summed E-state index contributed by atoms with van der Waals surface area (Å²) < 4.78 is 27.1. The molecular formula is C14H15F2NO. The predicted molar refractivity (Wildman–Crippen MR) is 65.2 cm³/mol. The first kappa shape index (κ1) is 12.7. The van der Waals surface area contributed by atoms with E-state index in [0.717, 1.165) is 5.56 Å². The number of halogens is 2. The predicted octanol–water partition coefficient (Wildman–Crippen LogP) is 3.00. The zero-order valence-electron chi connectivity index (χ0n) is 9.98. The second-order valence-electron chi connectivity index (χ2n) is 4.39. The van der Waals surface area contributed by atoms with Gasteiger partial charge < -0.3 is 4.90 Å². The first-order valence-corrected chi connectivity index (χ1v) is 5.96. The van der Waals surface area contributed by atoms with Crippen LogP contribution in [0.2, 0.25) is 0 Å². The Morgan fingerprint density at radius 2 is 1.89 bits per heavy atom. The summed E-state index contributed by atoms with van der Waals surface area (Å²) in [6.45, 7) is 0.461. The lowest BCUT2D eigenvalue weighted by atomic mass is 10.1. The third-order valence-corrected chi connectivity index (χ3v) is 2.93. The number of allylic oxidation sites excluding steroid dienone is 1. The van der Waals surface area contributed by atoms with Crippen molar-refractivity contribution in [2.45, 2.75) is 25.3 Å². The van der Waals surface area contributed by atoms with Crippen LogP contribution in [0.3, 0.4) is 0 Å². The van der Waals surface area contributed by atoms with E-state index in [4.69, 9.17) is 0 Å². The molecule has 0 N–H and O–H groups in total. The van der Waals surface area contributed by atoms with Crippen LogP contribution in [0.5, 0.6) is 0 Å². The fourth-order valence-corrected chi connectivity index (χ4v) is 1.95. The van der Waals surface area contributed by atoms with Gasteiger partial charge in [-0.15, -0.1) is 0 Å². The molecular weight excluding hydrogens is 236 g/mol. The van der Waals surface area contributed by atoms with Crippen LogP contribution in [-0.4, -0.2) is 23.3 Å². The SMILES string of the molecule is O=C1N(Cc2ccccc2)C/C=C\CCC1(F)F. The molecule has 0 atom stereocenters. The third kappa shape index (κ3) is 2.94. The Kier molecular flexibility index (Phi) is 3.75. The first-order valence-electron chi connectivity index (χ1n) is 5.96. The van der Waals surface area contributed by atoms with Crippen molar-refractivity contribution in [3.8, 4) is 0 Å². The Morgan fingerprint density at radius 3 is 2.61 bits per heavy atom. The topological polar surface area (TPSA) is 20.3 Å². The van der Waals surface area contributed by atoms with Gasteiger partial charge in [-0.3, -0.25) is 4.79 Å². The van der Waals surface area contributed by atoms with Gasteiger partial charge in [-0.1, -0.05) is 42.5 Å². The Labute approximate surface area is 105 Å². The van der Waals surface area contributed by atoms with Crippen molar-refractivity contribution in [1.29, 1.82) is 0 Å². The van der Waals surface area contributed by atoms with Gasteiger partial charge in [0.15, 0.2) is 0 Å². The maximum Gasteiger partial charge on any atom is 0.325 e. The van der Waals surface area contributed by atoms with E-state index < -0.39 is 18.3 Å². The fourth-order valence-electron chi connectivity index (χ4n) is 1.95. The minimum atomic E-state index is -3.25. The number of benzene rings is 1. The van der Waals surface area contributed by atoms with Crippen molar-refractivity contribution >= 4 is 5.91 Å². The largest absolute Gasteiger partial charge is 0.329 e. The summed E-state index contributed by atoms with van der Waals surface area (Å²) >= 11 is 0. The fraction of sp³-hybridized carbons (Fsp3) is 0.357. The van der Waals surface area contributed by atoms with Gasteiger partial charge in [-0.2, -0.15) is 8.78 Å². The standard InChI is InChI=1S/C14H15F2NO/c15-14(16)9-5-2-6-10-17(13(14)18)11-12-7-3-1-4-8-12/h1-4,6-8H,5,9-11H2/b6-2-. The molecule has 0 unspecified atom stereocenters. The summed E-state index contributed by atoms with van der Waals surface area (Å²) in [5, 5.41) is 0. The number of nitrogens with zero attached hydrogens (tertiary/aromatic N) is 1. The minimum absolute atomic E-state index is 0.222. The molecule has 0 spiro atoms. The molecule has 0 radical (unpaired) electrons. The van der Waals surface area contributed by atoms with Crippen molar-refractivity contribution in [3.63, 3.8) is 0 Å². The van der Waals surface area contributed by atoms with E-state index in [1.54, 1.807) is 12.2 Å². The highest BCUT2D eigenvalue weighted by molar-refractivity contribution is 5.83. The molecule has 4 heteroatoms. The summed E-state index contributed by atoms with van der Waals surface area (Å²) in [4.78, 5) is 13.0. The number of carbonyl (C=O) groups excluding carboxylic acids is 1. The second-order valence-corrected chi connectivity index (χ2v) is 4.39. The third-order valence-electron chi connectivity index (χ3n) is 2.93. The van der Waals surface area contributed by atoms with Gasteiger partial charge in [-0.25, -0.2) is 0 Å². The van der Waals surface area contributed by atoms with Gasteiger partial charge in [0.05, 0.1) is 0 Å². The minimum Gasteiger partial charge on any atom is -0.329 e. The Bertz CT molecular complexity index is 442. The first-order chi connectivity index (χ1) is 8.59. The molecule has 2 rings (SSSR count). The van der Waals surface area contributed by atoms with E-state index in [1.165, 1.54) is 4.90 Å². The number of amides is 1. The van der Waals surface area contributed by atoms with Gasteiger partial charge in [0.1, 0.15) is 0 Å². The van der Waals surface area contributed by atoms with Crippen molar-refractivity contribution in [3.05, 3.63) is 48.0 Å². The van der Waals surface area contributed by atoms with Crippen molar-refractivity contribution in [1.82, 2.24) is 4.90 Å². The molecule has 1 aliphatic heterocycles. The number of rotatable bonds is 2. The quantitative estimate of drug-likeness (QED) is 0.740. The summed E-state index contributed by atoms with van der Waals surface area (Å²) in [5.41, 5.74) is 0.857. The highest BCUT2D eigenvalue weighted by Gasteiger charge is 2.41. The molecule has 1 aromatic rings. The van der Waals surface area contributed by atoms with E-state index in [1.807, 2.05) is 30.3 Å². The Balaban J connectivity index is 2.16. The molecule has 18 heavy (non-hydrogen) atoms. The monoisotopic (exact) mass is 251 g/mol. The molecule has 0 fully saturated rings. The summed E-state index contributed by atoms with van der Waals surface area (Å²) in [7, 11) is 0. The van der Waals surface area contributed by atoms with Crippen LogP contribution in [-0.2, 0) is 11.3 Å². The molecule has 1 amide bonds. The van der Waals surface area contributed by atoms with Gasteiger partial charge in [0.2, 0.25) is 0 Å². The molecule has 0 saturated carbocycles. The van der Waals surface area contributed by atoms with E-state index in [-0.39, 0.29) is 19.5 Å². The zero-order chi connectivity index (χ0) is 13.0. The molecule has 1 heterocycles. The van der Waals surface area contributed by atoms with E-state index >= 15 is 0 Å². The lowest BCUT2D eigenvalue weighted by Gasteiger charge is -2.27. The van der Waals surface area contributed by atoms with Crippen LogP contribution in [0.15, 0.2) is 42.5 Å². The smallest absolute Gasteiger partial charge is 0.325 e. The number of alkyl halides is 2. The van der Waals surface area contributed by atoms with Crippen molar-refractivity contribution in [2.24, 2.45) is 0 Å². The van der Waals surface area contributed by atoms with Gasteiger partial charge in [0, 0.05) is 19.5 Å². The normalized spacial score (nSPS) is 21.2. The van der Waals surface area contributed by atoms with Crippen LogP contribution in [0, 0.1) is 0 Å². The average Bonchev–Trinajstić information content (AvgIpc) is 2.36. The van der Waals surface area contributed by atoms with Crippen molar-refractivity contribution in [2.75, 3.05) is 6.54 Å². The Hall–Kier alpha value is -1.71. The number of hydrogen-bond donors (Lipinski definition) is 0. The molecule has 1 aromatic carbocycles. The molecule has 0 aliphatic carbocycles. The van der Waals surface area contributed by atoms with Crippen LogP contribution >= 0.6 is 0 Å². The molecule has 0 aromatic heterocycles. The van der Waals surface area contributed by atoms with E-state index in [9.17, 15) is 13.6 Å². The molecule has 0 saturated heterocycles. The van der Waals surface area contributed by atoms with Crippen molar-refractivity contribution < 1.29 is 13.6 Å².